The molecule has 1 heterocycles. The third-order valence-corrected chi connectivity index (χ3v) is 5.34. The van der Waals surface area contributed by atoms with E-state index in [9.17, 15) is 4.79 Å². The SMILES string of the molecule is CC.COC1CCC2(CC1)Oc1ccc(-c3cccc(C#N)c3)cc1C2=O. The Bertz CT molecular complexity index is 873. The van der Waals surface area contributed by atoms with Crippen LogP contribution < -0.4 is 4.74 Å². The fourth-order valence-electron chi connectivity index (χ4n) is 3.87. The van der Waals surface area contributed by atoms with Crippen LogP contribution in [0.1, 0.15) is 55.5 Å². The topological polar surface area (TPSA) is 59.3 Å². The first kappa shape index (κ1) is 19.1. The minimum Gasteiger partial charge on any atom is -0.478 e. The summed E-state index contributed by atoms with van der Waals surface area (Å²) in [6.07, 6.45) is 3.28. The van der Waals surface area contributed by atoms with Gasteiger partial charge in [-0.25, -0.2) is 0 Å². The van der Waals surface area contributed by atoms with Crippen molar-refractivity contribution in [1.82, 2.24) is 0 Å². The second kappa shape index (κ2) is 7.94. The third kappa shape index (κ3) is 3.48. The van der Waals surface area contributed by atoms with Crippen LogP contribution in [0.5, 0.6) is 5.75 Å². The zero-order valence-corrected chi connectivity index (χ0v) is 16.1. The molecule has 2 aromatic carbocycles. The lowest BCUT2D eigenvalue weighted by molar-refractivity contribution is -0.00600. The van der Waals surface area contributed by atoms with Gasteiger partial charge in [0.1, 0.15) is 5.75 Å². The molecule has 2 aliphatic rings. The highest BCUT2D eigenvalue weighted by molar-refractivity contribution is 6.08. The number of carbonyl (C=O) groups excluding carboxylic acids is 1. The molecule has 2 aromatic rings. The van der Waals surface area contributed by atoms with Crippen molar-refractivity contribution in [3.8, 4) is 22.9 Å². The zero-order chi connectivity index (χ0) is 19.4. The molecule has 140 valence electrons. The molecule has 0 atom stereocenters. The number of rotatable bonds is 2. The summed E-state index contributed by atoms with van der Waals surface area (Å²) in [5.41, 5.74) is 2.39. The van der Waals surface area contributed by atoms with E-state index >= 15 is 0 Å². The Morgan fingerprint density at radius 3 is 2.48 bits per heavy atom. The van der Waals surface area contributed by atoms with Gasteiger partial charge < -0.3 is 9.47 Å². The lowest BCUT2D eigenvalue weighted by Gasteiger charge is -2.34. The number of nitrogens with zero attached hydrogens (tertiary/aromatic N) is 1. The molecule has 1 aliphatic heterocycles. The maximum Gasteiger partial charge on any atom is 0.210 e. The molecule has 1 spiro atoms. The van der Waals surface area contributed by atoms with Crippen molar-refractivity contribution >= 4 is 5.78 Å². The molecule has 1 fully saturated rings. The standard InChI is InChI=1S/C21H19NO3.C2H6/c1-24-17-7-9-21(10-8-17)20(23)18-12-16(5-6-19(18)25-21)15-4-2-3-14(11-15)13-22;1-2/h2-6,11-12,17H,7-10H2,1H3;1-2H3. The number of carbonyl (C=O) groups is 1. The molecule has 0 bridgehead atoms. The second-order valence-corrected chi connectivity index (χ2v) is 6.76. The number of nitriles is 1. The van der Waals surface area contributed by atoms with Crippen molar-refractivity contribution in [1.29, 1.82) is 5.26 Å². The van der Waals surface area contributed by atoms with E-state index in [0.717, 1.165) is 24.0 Å². The van der Waals surface area contributed by atoms with E-state index in [1.807, 2.05) is 50.2 Å². The molecule has 4 rings (SSSR count). The zero-order valence-electron chi connectivity index (χ0n) is 16.1. The smallest absolute Gasteiger partial charge is 0.210 e. The van der Waals surface area contributed by atoms with Gasteiger partial charge in [0.05, 0.1) is 23.3 Å². The van der Waals surface area contributed by atoms with Gasteiger partial charge in [0, 0.05) is 7.11 Å². The first-order valence-corrected chi connectivity index (χ1v) is 9.56. The van der Waals surface area contributed by atoms with Crippen LogP contribution in [0.2, 0.25) is 0 Å². The van der Waals surface area contributed by atoms with Crippen LogP contribution in [0.3, 0.4) is 0 Å². The number of ether oxygens (including phenoxy) is 2. The van der Waals surface area contributed by atoms with Gasteiger partial charge in [0.2, 0.25) is 5.78 Å². The Balaban J connectivity index is 0.00000102. The van der Waals surface area contributed by atoms with E-state index in [1.54, 1.807) is 13.2 Å². The average molecular weight is 363 g/mol. The molecular formula is C23H25NO3. The molecule has 0 N–H and O–H groups in total. The maximum atomic E-state index is 13.1. The number of ketones is 1. The van der Waals surface area contributed by atoms with E-state index in [0.29, 0.717) is 29.7 Å². The lowest BCUT2D eigenvalue weighted by atomic mass is 9.79. The molecule has 27 heavy (non-hydrogen) atoms. The maximum absolute atomic E-state index is 13.1. The van der Waals surface area contributed by atoms with Gasteiger partial charge in [-0.15, -0.1) is 0 Å². The van der Waals surface area contributed by atoms with Crippen molar-refractivity contribution in [3.05, 3.63) is 53.6 Å². The Kier molecular flexibility index (Phi) is 5.62. The number of methoxy groups -OCH3 is 1. The first-order valence-electron chi connectivity index (χ1n) is 9.56. The summed E-state index contributed by atoms with van der Waals surface area (Å²) in [5.74, 6) is 0.747. The van der Waals surface area contributed by atoms with Crippen LogP contribution in [0.15, 0.2) is 42.5 Å². The highest BCUT2D eigenvalue weighted by Gasteiger charge is 2.49. The molecule has 1 aliphatic carbocycles. The summed E-state index contributed by atoms with van der Waals surface area (Å²) in [5, 5.41) is 9.08. The van der Waals surface area contributed by atoms with Crippen molar-refractivity contribution in [2.75, 3.05) is 7.11 Å². The minimum absolute atomic E-state index is 0.0790. The largest absolute Gasteiger partial charge is 0.478 e. The van der Waals surface area contributed by atoms with Crippen LogP contribution >= 0.6 is 0 Å². The van der Waals surface area contributed by atoms with Crippen LogP contribution in [0.4, 0.5) is 0 Å². The van der Waals surface area contributed by atoms with Gasteiger partial charge in [-0.3, -0.25) is 4.79 Å². The molecule has 0 radical (unpaired) electrons. The van der Waals surface area contributed by atoms with Crippen LogP contribution in [0, 0.1) is 11.3 Å². The number of fused-ring (bicyclic) bond motifs is 1. The Labute approximate surface area is 160 Å². The molecule has 0 saturated heterocycles. The van der Waals surface area contributed by atoms with Gasteiger partial charge in [-0.05, 0) is 61.1 Å². The normalized spacial score (nSPS) is 23.0. The summed E-state index contributed by atoms with van der Waals surface area (Å²) in [4.78, 5) is 13.1. The summed E-state index contributed by atoms with van der Waals surface area (Å²) < 4.78 is 11.5. The highest BCUT2D eigenvalue weighted by Crippen LogP contribution is 2.44. The number of hydrogen-bond acceptors (Lipinski definition) is 4. The summed E-state index contributed by atoms with van der Waals surface area (Å²) >= 11 is 0. The summed E-state index contributed by atoms with van der Waals surface area (Å²) in [6, 6.07) is 15.3. The Morgan fingerprint density at radius 1 is 1.11 bits per heavy atom. The lowest BCUT2D eigenvalue weighted by Crippen LogP contribution is -2.44. The number of Topliss-reactive ketones (excluding diaryl/α,β-unsaturated/α-hetero) is 1. The van der Waals surface area contributed by atoms with Gasteiger partial charge in [-0.1, -0.05) is 32.0 Å². The van der Waals surface area contributed by atoms with Gasteiger partial charge in [0.15, 0.2) is 5.60 Å². The average Bonchev–Trinajstić information content (AvgIpc) is 3.01. The Morgan fingerprint density at radius 2 is 1.81 bits per heavy atom. The van der Waals surface area contributed by atoms with Crippen LogP contribution in [0.25, 0.3) is 11.1 Å². The minimum atomic E-state index is -0.718. The second-order valence-electron chi connectivity index (χ2n) is 6.76. The number of benzene rings is 2. The van der Waals surface area contributed by atoms with E-state index in [2.05, 4.69) is 6.07 Å². The van der Waals surface area contributed by atoms with Crippen LogP contribution in [-0.2, 0) is 4.74 Å². The van der Waals surface area contributed by atoms with Crippen molar-refractivity contribution in [3.63, 3.8) is 0 Å². The highest BCUT2D eigenvalue weighted by atomic mass is 16.5. The molecule has 0 unspecified atom stereocenters. The summed E-state index contributed by atoms with van der Waals surface area (Å²) in [6.45, 7) is 4.00. The van der Waals surface area contributed by atoms with Crippen LogP contribution in [-0.4, -0.2) is 24.6 Å². The van der Waals surface area contributed by atoms with E-state index in [4.69, 9.17) is 14.7 Å². The molecule has 4 heteroatoms. The van der Waals surface area contributed by atoms with Crippen molar-refractivity contribution < 1.29 is 14.3 Å². The fourth-order valence-corrected chi connectivity index (χ4v) is 3.87. The van der Waals surface area contributed by atoms with E-state index in [-0.39, 0.29) is 11.9 Å². The van der Waals surface area contributed by atoms with Gasteiger partial charge in [-0.2, -0.15) is 5.26 Å². The summed E-state index contributed by atoms with van der Waals surface area (Å²) in [7, 11) is 1.72. The van der Waals surface area contributed by atoms with Gasteiger partial charge >= 0.3 is 0 Å². The van der Waals surface area contributed by atoms with Crippen molar-refractivity contribution in [2.24, 2.45) is 0 Å². The predicted molar refractivity (Wildman–Crippen MR) is 105 cm³/mol. The quantitative estimate of drug-likeness (QED) is 0.740. The molecule has 4 nitrogen and oxygen atoms in total. The van der Waals surface area contributed by atoms with Gasteiger partial charge in [0.25, 0.3) is 0 Å². The van der Waals surface area contributed by atoms with Crippen molar-refractivity contribution in [2.45, 2.75) is 51.2 Å². The monoisotopic (exact) mass is 363 g/mol. The Hall–Kier alpha value is -2.64. The molecule has 0 amide bonds. The molecule has 1 saturated carbocycles. The third-order valence-electron chi connectivity index (χ3n) is 5.34. The van der Waals surface area contributed by atoms with E-state index < -0.39 is 5.60 Å². The first-order chi connectivity index (χ1) is 13.1. The molecular weight excluding hydrogens is 338 g/mol. The fraction of sp³-hybridized carbons (Fsp3) is 0.391. The number of hydrogen-bond donors (Lipinski definition) is 0. The van der Waals surface area contributed by atoms with E-state index in [1.165, 1.54) is 0 Å². The predicted octanol–water partition coefficient (Wildman–Crippen LogP) is 5.15. The molecule has 0 aromatic heterocycles.